The van der Waals surface area contributed by atoms with Crippen LogP contribution in [0.1, 0.15) is 10.4 Å². The molecule has 1 aromatic rings. The van der Waals surface area contributed by atoms with Gasteiger partial charge < -0.3 is 16.4 Å². The highest BCUT2D eigenvalue weighted by Gasteiger charge is 2.17. The van der Waals surface area contributed by atoms with Crippen molar-refractivity contribution >= 4 is 29.3 Å². The molecule has 0 aromatic heterocycles. The van der Waals surface area contributed by atoms with Gasteiger partial charge in [-0.3, -0.25) is 19.7 Å². The zero-order valence-electron chi connectivity index (χ0n) is 11.4. The quantitative estimate of drug-likeness (QED) is 0.271. The Morgan fingerprint density at radius 1 is 1.38 bits per heavy atom. The first-order chi connectivity index (χ1) is 9.95. The van der Waals surface area contributed by atoms with Crippen molar-refractivity contribution in [2.45, 2.75) is 4.90 Å². The lowest BCUT2D eigenvalue weighted by atomic mass is 10.2. The predicted octanol–water partition coefficient (Wildman–Crippen LogP) is 0.121. The maximum atomic E-state index is 11.5. The van der Waals surface area contributed by atoms with Crippen molar-refractivity contribution in [3.05, 3.63) is 33.9 Å². The Bertz CT molecular complexity index is 550. The van der Waals surface area contributed by atoms with Gasteiger partial charge in [0.05, 0.1) is 15.6 Å². The Hall–Kier alpha value is -2.13. The van der Waals surface area contributed by atoms with Crippen LogP contribution in [0.2, 0.25) is 0 Å². The average molecular weight is 312 g/mol. The average Bonchev–Trinajstić information content (AvgIpc) is 2.45. The second-order valence-electron chi connectivity index (χ2n) is 4.05. The Labute approximate surface area is 125 Å². The van der Waals surface area contributed by atoms with Crippen molar-refractivity contribution in [3.8, 4) is 0 Å². The molecule has 8 nitrogen and oxygen atoms in total. The van der Waals surface area contributed by atoms with Crippen molar-refractivity contribution in [1.29, 1.82) is 0 Å². The van der Waals surface area contributed by atoms with Crippen molar-refractivity contribution in [3.63, 3.8) is 0 Å². The number of likely N-dealkylation sites (N-methyl/N-ethyl adjacent to an activating group) is 1. The molecule has 0 saturated carbocycles. The largest absolute Gasteiger partial charge is 0.366 e. The van der Waals surface area contributed by atoms with Crippen LogP contribution in [0, 0.1) is 10.1 Å². The molecule has 1 aromatic carbocycles. The van der Waals surface area contributed by atoms with E-state index in [0.29, 0.717) is 18.0 Å². The maximum Gasteiger partial charge on any atom is 0.283 e. The molecule has 0 aliphatic carbocycles. The van der Waals surface area contributed by atoms with Gasteiger partial charge >= 0.3 is 0 Å². The summed E-state index contributed by atoms with van der Waals surface area (Å²) in [7, 11) is 1.77. The van der Waals surface area contributed by atoms with Gasteiger partial charge in [0.15, 0.2) is 0 Å². The number of carbonyl (C=O) groups is 2. The van der Waals surface area contributed by atoms with E-state index in [4.69, 9.17) is 5.73 Å². The highest BCUT2D eigenvalue weighted by atomic mass is 32.2. The number of nitrogens with two attached hydrogens (primary N) is 1. The van der Waals surface area contributed by atoms with Crippen LogP contribution < -0.4 is 16.4 Å². The number of thioether (sulfide) groups is 1. The Morgan fingerprint density at radius 2 is 2.10 bits per heavy atom. The van der Waals surface area contributed by atoms with Gasteiger partial charge in [0.25, 0.3) is 5.69 Å². The fourth-order valence-electron chi connectivity index (χ4n) is 1.46. The molecular weight excluding hydrogens is 296 g/mol. The molecule has 2 amide bonds. The molecule has 0 unspecified atom stereocenters. The van der Waals surface area contributed by atoms with E-state index in [1.54, 1.807) is 7.05 Å². The normalized spacial score (nSPS) is 10.1. The number of nitrogens with one attached hydrogen (secondary N) is 2. The number of nitrogens with zero attached hydrogens (tertiary/aromatic N) is 1. The summed E-state index contributed by atoms with van der Waals surface area (Å²) >= 11 is 1.04. The lowest BCUT2D eigenvalue weighted by Crippen LogP contribution is -2.31. The molecule has 1 rings (SSSR count). The number of rotatable bonds is 8. The van der Waals surface area contributed by atoms with E-state index < -0.39 is 10.8 Å². The summed E-state index contributed by atoms with van der Waals surface area (Å²) in [6.07, 6.45) is 0. The van der Waals surface area contributed by atoms with E-state index in [0.717, 1.165) is 17.8 Å². The minimum atomic E-state index is -0.737. The first-order valence-corrected chi connectivity index (χ1v) is 7.06. The number of nitro benzene ring substituents is 1. The lowest BCUT2D eigenvalue weighted by molar-refractivity contribution is -0.387. The molecular formula is C12H16N4O4S. The summed E-state index contributed by atoms with van der Waals surface area (Å²) in [5.41, 5.74) is 4.91. The minimum Gasteiger partial charge on any atom is -0.366 e. The van der Waals surface area contributed by atoms with Crippen molar-refractivity contribution in [1.82, 2.24) is 10.6 Å². The van der Waals surface area contributed by atoms with E-state index in [9.17, 15) is 19.7 Å². The highest BCUT2D eigenvalue weighted by molar-refractivity contribution is 8.00. The van der Waals surface area contributed by atoms with E-state index in [-0.39, 0.29) is 22.9 Å². The topological polar surface area (TPSA) is 127 Å². The van der Waals surface area contributed by atoms with E-state index >= 15 is 0 Å². The summed E-state index contributed by atoms with van der Waals surface area (Å²) in [6, 6.07) is 3.93. The van der Waals surface area contributed by atoms with Gasteiger partial charge in [-0.15, -0.1) is 11.8 Å². The number of primary amides is 1. The number of benzene rings is 1. The van der Waals surface area contributed by atoms with Gasteiger partial charge in [-0.2, -0.15) is 0 Å². The van der Waals surface area contributed by atoms with Gasteiger partial charge in [-0.25, -0.2) is 0 Å². The van der Waals surface area contributed by atoms with Gasteiger partial charge in [0.2, 0.25) is 11.8 Å². The van der Waals surface area contributed by atoms with E-state index in [2.05, 4.69) is 10.6 Å². The van der Waals surface area contributed by atoms with Crippen LogP contribution in [-0.2, 0) is 4.79 Å². The SMILES string of the molecule is CNCCNC(=O)CSc1ccc(C(N)=O)cc1[N+](=O)[O-]. The van der Waals surface area contributed by atoms with Crippen LogP contribution in [0.25, 0.3) is 0 Å². The van der Waals surface area contributed by atoms with Crippen LogP contribution in [0.15, 0.2) is 23.1 Å². The fraction of sp³-hybridized carbons (Fsp3) is 0.333. The molecule has 114 valence electrons. The molecule has 0 fully saturated rings. The number of carbonyl (C=O) groups excluding carboxylic acids is 2. The van der Waals surface area contributed by atoms with Gasteiger partial charge in [-0.1, -0.05) is 0 Å². The lowest BCUT2D eigenvalue weighted by Gasteiger charge is -2.06. The minimum absolute atomic E-state index is 0.0560. The molecule has 9 heteroatoms. The summed E-state index contributed by atoms with van der Waals surface area (Å²) in [5.74, 6) is -0.900. The molecule has 0 radical (unpaired) electrons. The summed E-state index contributed by atoms with van der Waals surface area (Å²) < 4.78 is 0. The first kappa shape index (κ1) is 16.9. The van der Waals surface area contributed by atoms with Gasteiger partial charge in [0, 0.05) is 24.7 Å². The van der Waals surface area contributed by atoms with Crippen LogP contribution in [0.3, 0.4) is 0 Å². The van der Waals surface area contributed by atoms with E-state index in [1.165, 1.54) is 12.1 Å². The Balaban J connectivity index is 2.72. The number of hydrogen-bond donors (Lipinski definition) is 3. The zero-order valence-corrected chi connectivity index (χ0v) is 12.2. The molecule has 0 aliphatic heterocycles. The third-order valence-electron chi connectivity index (χ3n) is 2.50. The molecule has 0 bridgehead atoms. The van der Waals surface area contributed by atoms with Crippen LogP contribution in [0.5, 0.6) is 0 Å². The van der Waals surface area contributed by atoms with Crippen molar-refractivity contribution in [2.75, 3.05) is 25.9 Å². The van der Waals surface area contributed by atoms with Crippen molar-refractivity contribution in [2.24, 2.45) is 5.73 Å². The third-order valence-corrected chi connectivity index (χ3v) is 3.56. The monoisotopic (exact) mass is 312 g/mol. The maximum absolute atomic E-state index is 11.5. The van der Waals surface area contributed by atoms with Crippen molar-refractivity contribution < 1.29 is 14.5 Å². The molecule has 4 N–H and O–H groups in total. The summed E-state index contributed by atoms with van der Waals surface area (Å²) in [5, 5.41) is 16.5. The smallest absolute Gasteiger partial charge is 0.283 e. The number of amides is 2. The van der Waals surface area contributed by atoms with Crippen LogP contribution in [-0.4, -0.2) is 42.6 Å². The Morgan fingerprint density at radius 3 is 2.67 bits per heavy atom. The Kier molecular flexibility index (Phi) is 6.63. The molecule has 0 saturated heterocycles. The predicted molar refractivity (Wildman–Crippen MR) is 79.3 cm³/mol. The summed E-state index contributed by atoms with van der Waals surface area (Å²) in [6.45, 7) is 1.13. The number of nitro groups is 1. The summed E-state index contributed by atoms with van der Waals surface area (Å²) in [4.78, 5) is 33.3. The second-order valence-corrected chi connectivity index (χ2v) is 5.06. The van der Waals surface area contributed by atoms with Gasteiger partial charge in [0.1, 0.15) is 0 Å². The van der Waals surface area contributed by atoms with E-state index in [1.807, 2.05) is 0 Å². The molecule has 0 atom stereocenters. The molecule has 21 heavy (non-hydrogen) atoms. The molecule has 0 spiro atoms. The first-order valence-electron chi connectivity index (χ1n) is 6.08. The molecule has 0 aliphatic rings. The highest BCUT2D eigenvalue weighted by Crippen LogP contribution is 2.29. The standard InChI is InChI=1S/C12H16N4O4S/c1-14-4-5-15-11(17)7-21-10-3-2-8(12(13)18)6-9(10)16(19)20/h2-3,6,14H,4-5,7H2,1H3,(H2,13,18)(H,15,17). The fourth-order valence-corrected chi connectivity index (χ4v) is 2.29. The molecule has 0 heterocycles. The number of hydrogen-bond acceptors (Lipinski definition) is 6. The van der Waals surface area contributed by atoms with Crippen LogP contribution >= 0.6 is 11.8 Å². The van der Waals surface area contributed by atoms with Gasteiger partial charge in [-0.05, 0) is 19.2 Å². The third kappa shape index (κ3) is 5.40. The second kappa shape index (κ2) is 8.22. The van der Waals surface area contributed by atoms with Crippen LogP contribution in [0.4, 0.5) is 5.69 Å². The zero-order chi connectivity index (χ0) is 15.8.